The Hall–Kier alpha value is -6.04. The molecule has 3 saturated heterocycles. The van der Waals surface area contributed by atoms with E-state index in [1.807, 2.05) is 23.1 Å². The summed E-state index contributed by atoms with van der Waals surface area (Å²) in [7, 11) is -4.68. The van der Waals surface area contributed by atoms with Crippen molar-refractivity contribution < 1.29 is 55.7 Å². The van der Waals surface area contributed by atoms with Gasteiger partial charge in [0.05, 0.1) is 58.6 Å². The van der Waals surface area contributed by atoms with Crippen LogP contribution in [0, 0.1) is 21.4 Å². The van der Waals surface area contributed by atoms with Crippen LogP contribution in [0.1, 0.15) is 99.2 Å². The Balaban J connectivity index is 0.858. The zero-order valence-electron chi connectivity index (χ0n) is 42.4. The number of fused-ring (bicyclic) bond motifs is 3. The van der Waals surface area contributed by atoms with Gasteiger partial charge in [0.2, 0.25) is 5.88 Å². The van der Waals surface area contributed by atoms with E-state index in [2.05, 4.69) is 24.8 Å². The Bertz CT molecular complexity index is 3130. The summed E-state index contributed by atoms with van der Waals surface area (Å²) in [5.74, 6) is -0.480. The van der Waals surface area contributed by atoms with Crippen molar-refractivity contribution in [3.05, 3.63) is 106 Å². The number of halogens is 3. The molecule has 4 aliphatic heterocycles. The van der Waals surface area contributed by atoms with Crippen molar-refractivity contribution >= 4 is 55.4 Å². The number of carbonyl (C=O) groups excluding carboxylic acids is 1. The van der Waals surface area contributed by atoms with Crippen molar-refractivity contribution in [3.8, 4) is 5.88 Å². The van der Waals surface area contributed by atoms with Crippen LogP contribution in [-0.2, 0) is 25.1 Å². The third-order valence-electron chi connectivity index (χ3n) is 17.1. The fourth-order valence-corrected chi connectivity index (χ4v) is 13.5. The first-order valence-electron chi connectivity index (χ1n) is 26.1. The number of hydrogen-bond donors (Lipinski definition) is 5. The van der Waals surface area contributed by atoms with Crippen LogP contribution in [0.25, 0.3) is 11.0 Å². The number of amides is 1. The van der Waals surface area contributed by atoms with Crippen LogP contribution in [0.3, 0.4) is 0 Å². The molecule has 5 fully saturated rings. The molecular weight excluding hydrogens is 1010 g/mol. The van der Waals surface area contributed by atoms with Crippen LogP contribution in [0.5, 0.6) is 5.88 Å². The number of piperidine rings is 1. The second-order valence-electron chi connectivity index (χ2n) is 22.1. The smallest absolute Gasteiger partial charge is 0.421 e. The third kappa shape index (κ3) is 9.84. The van der Waals surface area contributed by atoms with Crippen LogP contribution >= 0.6 is 0 Å². The van der Waals surface area contributed by atoms with Gasteiger partial charge in [0.1, 0.15) is 23.1 Å². The van der Waals surface area contributed by atoms with Crippen LogP contribution < -0.4 is 24.6 Å². The molecule has 2 aliphatic carbocycles. The molecule has 0 radical (unpaired) electrons. The van der Waals surface area contributed by atoms with Crippen LogP contribution in [0.4, 0.5) is 41.6 Å². The van der Waals surface area contributed by atoms with Gasteiger partial charge < -0.3 is 44.5 Å². The lowest BCUT2D eigenvalue weighted by Gasteiger charge is -2.57. The van der Waals surface area contributed by atoms with Crippen molar-refractivity contribution in [1.29, 1.82) is 0 Å². The highest BCUT2D eigenvalue weighted by atomic mass is 32.2. The van der Waals surface area contributed by atoms with Gasteiger partial charge in [-0.25, -0.2) is 13.1 Å². The number of nitrogens with one attached hydrogen (secondary N) is 3. The lowest BCUT2D eigenvalue weighted by atomic mass is 9.59. The summed E-state index contributed by atoms with van der Waals surface area (Å²) in [5.41, 5.74) is -1.48. The van der Waals surface area contributed by atoms with E-state index in [1.54, 1.807) is 37.4 Å². The number of alkyl halides is 3. The zero-order chi connectivity index (χ0) is 53.4. The van der Waals surface area contributed by atoms with Crippen molar-refractivity contribution in [2.45, 2.75) is 118 Å². The number of carbonyl (C=O) groups is 1. The largest absolute Gasteiger partial charge is 0.468 e. The van der Waals surface area contributed by atoms with E-state index in [9.17, 15) is 46.7 Å². The van der Waals surface area contributed by atoms with Gasteiger partial charge in [-0.05, 0) is 137 Å². The summed E-state index contributed by atoms with van der Waals surface area (Å²) in [6.45, 7) is 6.16. The number of aliphatic hydroxyl groups is 2. The second-order valence-corrected chi connectivity index (χ2v) is 23.8. The maximum absolute atomic E-state index is 14.7. The standard InChI is InChI=1S/C54H63F3N8O10S/c1-51(67)15-11-33(12-16-51)30-59-41-10-8-37(27-44(41)65(69)70)76(71,72)61-49(66)39-9-7-35(26-43(39)64-42-14-23-73-32-47(42)75-50-45(64)25-34-13-19-58-48(34)60-50)62-20-17-53(18-21-62)28-36(29-53)63-22-24-74-31-46(63)38-5-3-4-6-40(38)52(2,68)54(55,56)57/h3-10,13,19,25-27,33,36,42,46-47,59,67-68H,11-12,14-18,20-24,28-32H2,1-2H3,(H,58,60)(H,61,66)/t33?,42-,46-,47-,51?,52-/m0/s1. The average Bonchev–Trinajstić information content (AvgIpc) is 3.93. The molecule has 18 nitrogen and oxygen atoms in total. The van der Waals surface area contributed by atoms with E-state index >= 15 is 0 Å². The molecule has 22 heteroatoms. The minimum absolute atomic E-state index is 0.00801. The molecule has 6 heterocycles. The number of nitro benzene ring substituents is 1. The van der Waals surface area contributed by atoms with Crippen LogP contribution in [0.2, 0.25) is 0 Å². The molecule has 76 heavy (non-hydrogen) atoms. The van der Waals surface area contributed by atoms with Gasteiger partial charge in [0.15, 0.2) is 5.60 Å². The lowest BCUT2D eigenvalue weighted by molar-refractivity contribution is -0.384. The topological polar surface area (TPSA) is 225 Å². The van der Waals surface area contributed by atoms with Gasteiger partial charge in [-0.1, -0.05) is 24.3 Å². The Morgan fingerprint density at radius 2 is 1.70 bits per heavy atom. The fraction of sp³-hybridized carbons (Fsp3) is 0.519. The minimum Gasteiger partial charge on any atom is -0.468 e. The highest BCUT2D eigenvalue weighted by Crippen LogP contribution is 2.54. The number of nitrogens with zero attached hydrogens (tertiary/aromatic N) is 5. The number of benzene rings is 3. The number of hydrogen-bond acceptors (Lipinski definition) is 15. The first-order valence-corrected chi connectivity index (χ1v) is 27.6. The number of H-pyrrole nitrogens is 1. The number of nitro groups is 1. The summed E-state index contributed by atoms with van der Waals surface area (Å²) < 4.78 is 91.3. The van der Waals surface area contributed by atoms with Crippen molar-refractivity contribution in [2.75, 3.05) is 67.7 Å². The van der Waals surface area contributed by atoms with E-state index in [1.165, 1.54) is 24.3 Å². The Labute approximate surface area is 438 Å². The summed E-state index contributed by atoms with van der Waals surface area (Å²) >= 11 is 0. The predicted molar refractivity (Wildman–Crippen MR) is 276 cm³/mol. The Morgan fingerprint density at radius 3 is 2.45 bits per heavy atom. The first kappa shape index (κ1) is 52.0. The minimum atomic E-state index is -4.88. The molecule has 406 valence electrons. The maximum Gasteiger partial charge on any atom is 0.421 e. The van der Waals surface area contributed by atoms with Crippen LogP contribution in [-0.4, -0.2) is 127 Å². The number of pyridine rings is 1. The van der Waals surface area contributed by atoms with E-state index in [-0.39, 0.29) is 53.4 Å². The van der Waals surface area contributed by atoms with E-state index in [0.717, 1.165) is 62.6 Å². The lowest BCUT2D eigenvalue weighted by Crippen LogP contribution is -2.58. The SMILES string of the molecule is CC1(O)CCC(CNc2ccc(S(=O)(=O)NC(=O)c3ccc(N4CCC5(CC4)CC(N4CCOC[C@H]4c4ccccc4[C@](C)(O)C(F)(F)F)C5)cc3N3c4cc5cc[nH]c5nc4O[C@H]4COCC[C@@H]43)cc2[N+](=O)[O-])CC1. The second kappa shape index (κ2) is 19.8. The molecule has 5 N–H and O–H groups in total. The van der Waals surface area contributed by atoms with Crippen LogP contribution in [0.15, 0.2) is 83.9 Å². The number of ether oxygens (including phenoxy) is 3. The van der Waals surface area contributed by atoms with Crippen molar-refractivity contribution in [1.82, 2.24) is 19.6 Å². The van der Waals surface area contributed by atoms with Gasteiger partial charge in [0, 0.05) is 62.2 Å². The molecule has 1 amide bonds. The summed E-state index contributed by atoms with van der Waals surface area (Å²) in [4.78, 5) is 40.4. The number of morpholine rings is 1. The normalized spacial score (nSPS) is 25.9. The Kier molecular flexibility index (Phi) is 13.5. The van der Waals surface area contributed by atoms with E-state index in [0.29, 0.717) is 87.1 Å². The Morgan fingerprint density at radius 1 is 0.947 bits per heavy atom. The molecular formula is C54H63F3N8O10S. The average molecular weight is 1070 g/mol. The zero-order valence-corrected chi connectivity index (χ0v) is 43.2. The number of rotatable bonds is 12. The molecule has 0 bridgehead atoms. The van der Waals surface area contributed by atoms with E-state index in [4.69, 9.17) is 19.2 Å². The molecule has 2 saturated carbocycles. The molecule has 0 unspecified atom stereocenters. The van der Waals surface area contributed by atoms with E-state index < -0.39 is 61.0 Å². The molecule has 11 rings (SSSR count). The number of aromatic amines is 1. The maximum atomic E-state index is 14.7. The van der Waals surface area contributed by atoms with Gasteiger partial charge in [0.25, 0.3) is 21.6 Å². The van der Waals surface area contributed by atoms with Crippen molar-refractivity contribution in [2.24, 2.45) is 11.3 Å². The van der Waals surface area contributed by atoms with Gasteiger partial charge in [-0.2, -0.15) is 18.2 Å². The predicted octanol–water partition coefficient (Wildman–Crippen LogP) is 8.22. The summed E-state index contributed by atoms with van der Waals surface area (Å²) in [6, 6.07) is 18.1. The van der Waals surface area contributed by atoms with Gasteiger partial charge >= 0.3 is 6.18 Å². The van der Waals surface area contributed by atoms with Crippen molar-refractivity contribution in [3.63, 3.8) is 0 Å². The number of anilines is 4. The number of aromatic nitrogens is 2. The molecule has 5 aromatic rings. The quantitative estimate of drug-likeness (QED) is 0.0586. The molecule has 3 aromatic carbocycles. The monoisotopic (exact) mass is 1070 g/mol. The summed E-state index contributed by atoms with van der Waals surface area (Å²) in [6.07, 6.45) is 2.93. The van der Waals surface area contributed by atoms with Gasteiger partial charge in [-0.15, -0.1) is 0 Å². The number of sulfonamides is 1. The summed E-state index contributed by atoms with van der Waals surface area (Å²) in [5, 5.41) is 37.5. The molecule has 1 spiro atoms. The highest BCUT2D eigenvalue weighted by molar-refractivity contribution is 7.90. The third-order valence-corrected chi connectivity index (χ3v) is 18.4. The molecule has 4 atom stereocenters. The first-order chi connectivity index (χ1) is 36.2. The highest BCUT2D eigenvalue weighted by Gasteiger charge is 2.54. The molecule has 6 aliphatic rings. The van der Waals surface area contributed by atoms with Gasteiger partial charge in [-0.3, -0.25) is 19.8 Å². The fourth-order valence-electron chi connectivity index (χ4n) is 12.6. The molecule has 2 aromatic heterocycles.